The molecule has 5 heteroatoms. The number of carbonyl (C=O) groups is 2. The monoisotopic (exact) mass is 236 g/mol. The van der Waals surface area contributed by atoms with E-state index >= 15 is 0 Å². The summed E-state index contributed by atoms with van der Waals surface area (Å²) in [6.07, 6.45) is 1.73. The van der Waals surface area contributed by atoms with E-state index in [1.807, 2.05) is 10.8 Å². The zero-order valence-electron chi connectivity index (χ0n) is 8.73. The lowest BCUT2D eigenvalue weighted by atomic mass is 10.1. The molecular weight excluding hydrogens is 224 g/mol. The van der Waals surface area contributed by atoms with Crippen LogP contribution in [0.1, 0.15) is 28.8 Å². The average molecular weight is 236 g/mol. The van der Waals surface area contributed by atoms with E-state index in [9.17, 15) is 9.59 Å². The molecule has 1 aromatic heterocycles. The van der Waals surface area contributed by atoms with E-state index in [0.717, 1.165) is 30.5 Å². The Kier molecular flexibility index (Phi) is 2.21. The largest absolute Gasteiger partial charge is 0.354 e. The molecule has 0 saturated carbocycles. The van der Waals surface area contributed by atoms with Crippen molar-refractivity contribution in [3.63, 3.8) is 0 Å². The lowest BCUT2D eigenvalue weighted by Crippen LogP contribution is -2.50. The van der Waals surface area contributed by atoms with Crippen molar-refractivity contribution in [2.75, 3.05) is 6.54 Å². The molecule has 2 aliphatic heterocycles. The van der Waals surface area contributed by atoms with Crippen LogP contribution in [0.5, 0.6) is 0 Å². The molecule has 84 valence electrons. The summed E-state index contributed by atoms with van der Waals surface area (Å²) in [5.74, 6) is 0.00623. The normalized spacial score (nSPS) is 24.5. The van der Waals surface area contributed by atoms with Crippen molar-refractivity contribution in [2.24, 2.45) is 0 Å². The number of hydrogen-bond donors (Lipinski definition) is 1. The highest BCUT2D eigenvalue weighted by atomic mass is 32.1. The summed E-state index contributed by atoms with van der Waals surface area (Å²) >= 11 is 1.55. The quantitative estimate of drug-likeness (QED) is 0.790. The first-order valence-corrected chi connectivity index (χ1v) is 6.35. The molecule has 0 radical (unpaired) electrons. The number of rotatable bonds is 1. The van der Waals surface area contributed by atoms with E-state index in [-0.39, 0.29) is 17.9 Å². The Morgan fingerprint density at radius 2 is 2.25 bits per heavy atom. The second kappa shape index (κ2) is 3.59. The van der Waals surface area contributed by atoms with E-state index in [1.165, 1.54) is 0 Å². The lowest BCUT2D eigenvalue weighted by molar-refractivity contribution is -0.127. The molecular formula is C11H12N2O2S. The zero-order chi connectivity index (χ0) is 11.1. The van der Waals surface area contributed by atoms with Crippen molar-refractivity contribution in [1.82, 2.24) is 10.2 Å². The number of amides is 2. The summed E-state index contributed by atoms with van der Waals surface area (Å²) in [5, 5.41) is 6.69. The minimum absolute atomic E-state index is 0.00609. The minimum Gasteiger partial charge on any atom is -0.354 e. The summed E-state index contributed by atoms with van der Waals surface area (Å²) in [6.45, 7) is 1.33. The van der Waals surface area contributed by atoms with Gasteiger partial charge in [0, 0.05) is 18.5 Å². The third kappa shape index (κ3) is 1.35. The minimum atomic E-state index is -0.265. The van der Waals surface area contributed by atoms with Crippen LogP contribution in [0.3, 0.4) is 0 Å². The number of nitrogens with zero attached hydrogens (tertiary/aromatic N) is 1. The number of hydrogen-bond acceptors (Lipinski definition) is 3. The zero-order valence-corrected chi connectivity index (χ0v) is 9.55. The smallest absolute Gasteiger partial charge is 0.256 e. The van der Waals surface area contributed by atoms with Crippen LogP contribution >= 0.6 is 11.3 Å². The van der Waals surface area contributed by atoms with Crippen molar-refractivity contribution in [3.8, 4) is 0 Å². The molecule has 1 unspecified atom stereocenters. The molecule has 0 bridgehead atoms. The second-order valence-corrected chi connectivity index (χ2v) is 4.94. The van der Waals surface area contributed by atoms with Crippen molar-refractivity contribution < 1.29 is 9.59 Å². The summed E-state index contributed by atoms with van der Waals surface area (Å²) in [5.41, 5.74) is 1.84. The first-order valence-electron chi connectivity index (χ1n) is 5.41. The lowest BCUT2D eigenvalue weighted by Gasteiger charge is -2.30. The van der Waals surface area contributed by atoms with Gasteiger partial charge in [0.05, 0.1) is 5.56 Å². The fourth-order valence-corrected chi connectivity index (χ4v) is 3.17. The van der Waals surface area contributed by atoms with Gasteiger partial charge in [0.1, 0.15) is 6.04 Å². The third-order valence-electron chi connectivity index (χ3n) is 3.21. The second-order valence-electron chi connectivity index (χ2n) is 4.19. The Hall–Kier alpha value is -1.36. The molecule has 0 aliphatic carbocycles. The van der Waals surface area contributed by atoms with Crippen molar-refractivity contribution in [3.05, 3.63) is 21.9 Å². The summed E-state index contributed by atoms with van der Waals surface area (Å²) in [6, 6.07) is -0.265. The van der Waals surface area contributed by atoms with Crippen LogP contribution in [-0.2, 0) is 11.3 Å². The summed E-state index contributed by atoms with van der Waals surface area (Å²) < 4.78 is 0. The Bertz CT molecular complexity index is 455. The van der Waals surface area contributed by atoms with Crippen molar-refractivity contribution in [2.45, 2.75) is 25.4 Å². The average Bonchev–Trinajstić information content (AvgIpc) is 2.83. The molecule has 16 heavy (non-hydrogen) atoms. The molecule has 3 heterocycles. The number of nitrogens with one attached hydrogen (secondary N) is 1. The maximum absolute atomic E-state index is 12.1. The fraction of sp³-hybridized carbons (Fsp3) is 0.455. The van der Waals surface area contributed by atoms with Crippen LogP contribution in [0.4, 0.5) is 0 Å². The SMILES string of the molecule is O=C1NCCCC1N1Cc2cscc2C1=O. The van der Waals surface area contributed by atoms with Gasteiger partial charge in [-0.2, -0.15) is 11.3 Å². The Morgan fingerprint density at radius 1 is 1.38 bits per heavy atom. The number of thiophene rings is 1. The molecule has 0 spiro atoms. The highest BCUT2D eigenvalue weighted by Crippen LogP contribution is 2.29. The Balaban J connectivity index is 1.85. The molecule has 3 rings (SSSR count). The predicted octanol–water partition coefficient (Wildman–Crippen LogP) is 0.982. The van der Waals surface area contributed by atoms with Gasteiger partial charge in [0.2, 0.25) is 5.91 Å². The predicted molar refractivity (Wildman–Crippen MR) is 60.2 cm³/mol. The molecule has 1 fully saturated rings. The van der Waals surface area contributed by atoms with Gasteiger partial charge >= 0.3 is 0 Å². The van der Waals surface area contributed by atoms with E-state index in [0.29, 0.717) is 6.54 Å². The Labute approximate surface area is 97.2 Å². The molecule has 1 N–H and O–H groups in total. The van der Waals surface area contributed by atoms with Crippen molar-refractivity contribution >= 4 is 23.2 Å². The standard InChI is InChI=1S/C11H12N2O2S/c14-10-9(2-1-3-12-10)13-4-7-5-16-6-8(7)11(13)15/h5-6,9H,1-4H2,(H,12,14). The van der Waals surface area contributed by atoms with Crippen LogP contribution in [0.2, 0.25) is 0 Å². The maximum atomic E-state index is 12.1. The van der Waals surface area contributed by atoms with Crippen LogP contribution in [0.15, 0.2) is 10.8 Å². The van der Waals surface area contributed by atoms with Crippen molar-refractivity contribution in [1.29, 1.82) is 0 Å². The molecule has 1 atom stereocenters. The van der Waals surface area contributed by atoms with Gasteiger partial charge in [-0.15, -0.1) is 0 Å². The number of carbonyl (C=O) groups excluding carboxylic acids is 2. The van der Waals surface area contributed by atoms with Gasteiger partial charge in [0.15, 0.2) is 0 Å². The topological polar surface area (TPSA) is 49.4 Å². The molecule has 0 aromatic carbocycles. The van der Waals surface area contributed by atoms with E-state index in [4.69, 9.17) is 0 Å². The van der Waals surface area contributed by atoms with E-state index < -0.39 is 0 Å². The summed E-state index contributed by atoms with van der Waals surface area (Å²) in [4.78, 5) is 25.5. The fourth-order valence-electron chi connectivity index (χ4n) is 2.35. The van der Waals surface area contributed by atoms with Gasteiger partial charge in [-0.05, 0) is 23.8 Å². The molecule has 1 aromatic rings. The number of piperidine rings is 1. The van der Waals surface area contributed by atoms with Gasteiger partial charge in [0.25, 0.3) is 5.91 Å². The van der Waals surface area contributed by atoms with Crippen LogP contribution in [0, 0.1) is 0 Å². The maximum Gasteiger partial charge on any atom is 0.256 e. The highest BCUT2D eigenvalue weighted by Gasteiger charge is 2.37. The molecule has 4 nitrogen and oxygen atoms in total. The molecule has 2 amide bonds. The highest BCUT2D eigenvalue weighted by molar-refractivity contribution is 7.08. The first kappa shape index (κ1) is 9.84. The third-order valence-corrected chi connectivity index (χ3v) is 4.00. The van der Waals surface area contributed by atoms with Crippen LogP contribution in [-0.4, -0.2) is 29.3 Å². The summed E-state index contributed by atoms with van der Waals surface area (Å²) in [7, 11) is 0. The number of fused-ring (bicyclic) bond motifs is 1. The first-order chi connectivity index (χ1) is 7.77. The van der Waals surface area contributed by atoms with Gasteiger partial charge in [-0.1, -0.05) is 0 Å². The molecule has 2 aliphatic rings. The Morgan fingerprint density at radius 3 is 3.00 bits per heavy atom. The van der Waals surface area contributed by atoms with E-state index in [2.05, 4.69) is 5.32 Å². The van der Waals surface area contributed by atoms with Gasteiger partial charge in [-0.3, -0.25) is 9.59 Å². The van der Waals surface area contributed by atoms with Crippen LogP contribution in [0.25, 0.3) is 0 Å². The van der Waals surface area contributed by atoms with Gasteiger partial charge < -0.3 is 10.2 Å². The van der Waals surface area contributed by atoms with Gasteiger partial charge in [-0.25, -0.2) is 0 Å². The molecule has 1 saturated heterocycles. The van der Waals surface area contributed by atoms with E-state index in [1.54, 1.807) is 16.2 Å². The van der Waals surface area contributed by atoms with Crippen LogP contribution < -0.4 is 5.32 Å².